The lowest BCUT2D eigenvalue weighted by Crippen LogP contribution is -2.32. The minimum Gasteiger partial charge on any atom is -0.365 e. The van der Waals surface area contributed by atoms with Crippen LogP contribution in [0.4, 0.5) is 17.1 Å². The Morgan fingerprint density at radius 3 is 2.33 bits per heavy atom. The summed E-state index contributed by atoms with van der Waals surface area (Å²) in [4.78, 5) is 36.6. The Kier molecular flexibility index (Phi) is 6.12. The lowest BCUT2D eigenvalue weighted by Gasteiger charge is -2.22. The Morgan fingerprint density at radius 2 is 1.78 bits per heavy atom. The van der Waals surface area contributed by atoms with Crippen molar-refractivity contribution in [2.75, 3.05) is 30.9 Å². The smallest absolute Gasteiger partial charge is 0.270 e. The van der Waals surface area contributed by atoms with Crippen LogP contribution >= 0.6 is 0 Å². The zero-order valence-corrected chi connectivity index (χ0v) is 15.7. The van der Waals surface area contributed by atoms with Crippen molar-refractivity contribution in [3.8, 4) is 0 Å². The van der Waals surface area contributed by atoms with Crippen molar-refractivity contribution < 1.29 is 14.5 Å². The summed E-state index contributed by atoms with van der Waals surface area (Å²) in [5.41, 5.74) is 3.03. The molecule has 8 heteroatoms. The van der Waals surface area contributed by atoms with E-state index in [2.05, 4.69) is 10.6 Å². The lowest BCUT2D eigenvalue weighted by molar-refractivity contribution is -0.384. The number of nitrogens with zero attached hydrogens (tertiary/aromatic N) is 2. The number of hydrogen-bond donors (Lipinski definition) is 2. The number of anilines is 2. The van der Waals surface area contributed by atoms with Gasteiger partial charge in [0.2, 0.25) is 5.91 Å². The summed E-state index contributed by atoms with van der Waals surface area (Å²) in [5, 5.41) is 16.3. The summed E-state index contributed by atoms with van der Waals surface area (Å²) in [6, 6.07) is 9.71. The van der Waals surface area contributed by atoms with Crippen molar-refractivity contribution in [1.82, 2.24) is 5.32 Å². The first-order valence-corrected chi connectivity index (χ1v) is 8.32. The molecule has 0 fully saturated rings. The van der Waals surface area contributed by atoms with E-state index in [1.807, 2.05) is 32.0 Å². The maximum atomic E-state index is 12.5. The van der Waals surface area contributed by atoms with Gasteiger partial charge in [-0.15, -0.1) is 0 Å². The van der Waals surface area contributed by atoms with Gasteiger partial charge in [0.1, 0.15) is 0 Å². The van der Waals surface area contributed by atoms with E-state index < -0.39 is 10.8 Å². The van der Waals surface area contributed by atoms with E-state index in [1.54, 1.807) is 11.9 Å². The molecule has 2 aromatic carbocycles. The second-order valence-corrected chi connectivity index (χ2v) is 6.21. The number of aryl methyl sites for hydroxylation is 2. The fraction of sp³-hybridized carbons (Fsp3) is 0.263. The first kappa shape index (κ1) is 19.9. The maximum absolute atomic E-state index is 12.5. The number of nitrogens with one attached hydrogen (secondary N) is 2. The SMILES string of the molecule is CNC(=O)c1cc([N+](=O)[O-])ccc1N(C)CC(=O)Nc1c(C)cccc1C. The highest BCUT2D eigenvalue weighted by molar-refractivity contribution is 6.02. The Labute approximate surface area is 157 Å². The third-order valence-corrected chi connectivity index (χ3v) is 4.20. The molecule has 2 aromatic rings. The van der Waals surface area contributed by atoms with Crippen LogP contribution in [0.1, 0.15) is 21.5 Å². The van der Waals surface area contributed by atoms with E-state index in [0.29, 0.717) is 5.69 Å². The Balaban J connectivity index is 2.24. The van der Waals surface area contributed by atoms with Crippen molar-refractivity contribution in [3.63, 3.8) is 0 Å². The quantitative estimate of drug-likeness (QED) is 0.601. The average Bonchev–Trinajstić information content (AvgIpc) is 2.63. The van der Waals surface area contributed by atoms with Crippen LogP contribution in [-0.4, -0.2) is 37.4 Å². The van der Waals surface area contributed by atoms with Gasteiger partial charge in [-0.2, -0.15) is 0 Å². The van der Waals surface area contributed by atoms with Crippen molar-refractivity contribution in [2.45, 2.75) is 13.8 Å². The van der Waals surface area contributed by atoms with Gasteiger partial charge in [0.25, 0.3) is 11.6 Å². The Morgan fingerprint density at radius 1 is 1.15 bits per heavy atom. The number of carbonyl (C=O) groups is 2. The van der Waals surface area contributed by atoms with Crippen LogP contribution in [0, 0.1) is 24.0 Å². The summed E-state index contributed by atoms with van der Waals surface area (Å²) in [7, 11) is 3.09. The number of amides is 2. The molecule has 2 amide bonds. The van der Waals surface area contributed by atoms with Gasteiger partial charge >= 0.3 is 0 Å². The molecule has 0 aliphatic carbocycles. The minimum atomic E-state index is -0.566. The van der Waals surface area contributed by atoms with Crippen LogP contribution in [0.15, 0.2) is 36.4 Å². The molecule has 0 bridgehead atoms. The van der Waals surface area contributed by atoms with Gasteiger partial charge in [-0.25, -0.2) is 0 Å². The molecule has 142 valence electrons. The van der Waals surface area contributed by atoms with Crippen LogP contribution in [0.3, 0.4) is 0 Å². The van der Waals surface area contributed by atoms with Gasteiger partial charge in [0, 0.05) is 31.9 Å². The van der Waals surface area contributed by atoms with Gasteiger partial charge in [-0.1, -0.05) is 18.2 Å². The highest BCUT2D eigenvalue weighted by Crippen LogP contribution is 2.25. The zero-order chi connectivity index (χ0) is 20.1. The number of nitro groups is 1. The number of benzene rings is 2. The van der Waals surface area contributed by atoms with E-state index >= 15 is 0 Å². The molecule has 0 radical (unpaired) electrons. The number of nitro benzene ring substituents is 1. The third-order valence-electron chi connectivity index (χ3n) is 4.20. The average molecular weight is 370 g/mol. The zero-order valence-electron chi connectivity index (χ0n) is 15.7. The molecule has 0 saturated heterocycles. The fourth-order valence-corrected chi connectivity index (χ4v) is 2.78. The van der Waals surface area contributed by atoms with Gasteiger partial charge in [0.15, 0.2) is 0 Å². The predicted molar refractivity (Wildman–Crippen MR) is 104 cm³/mol. The summed E-state index contributed by atoms with van der Waals surface area (Å²) < 4.78 is 0. The van der Waals surface area contributed by atoms with Crippen molar-refractivity contribution >= 4 is 28.9 Å². The second-order valence-electron chi connectivity index (χ2n) is 6.21. The molecule has 8 nitrogen and oxygen atoms in total. The van der Waals surface area contributed by atoms with Crippen LogP contribution < -0.4 is 15.5 Å². The van der Waals surface area contributed by atoms with E-state index in [-0.39, 0.29) is 23.7 Å². The van der Waals surface area contributed by atoms with Crippen LogP contribution in [0.5, 0.6) is 0 Å². The molecule has 27 heavy (non-hydrogen) atoms. The summed E-state index contributed by atoms with van der Waals surface area (Å²) in [6.45, 7) is 3.80. The van der Waals surface area contributed by atoms with Crippen LogP contribution in [0.2, 0.25) is 0 Å². The van der Waals surface area contributed by atoms with Crippen LogP contribution in [-0.2, 0) is 4.79 Å². The molecule has 0 spiro atoms. The lowest BCUT2D eigenvalue weighted by atomic mass is 10.1. The van der Waals surface area contributed by atoms with E-state index in [9.17, 15) is 19.7 Å². The largest absolute Gasteiger partial charge is 0.365 e. The topological polar surface area (TPSA) is 105 Å². The normalized spacial score (nSPS) is 10.2. The minimum absolute atomic E-state index is 0.0183. The highest BCUT2D eigenvalue weighted by atomic mass is 16.6. The standard InChI is InChI=1S/C19H22N4O4/c1-12-6-5-7-13(2)18(12)21-17(24)11-22(4)16-9-8-14(23(26)27)10-15(16)19(25)20-3/h5-10H,11H2,1-4H3,(H,20,25)(H,21,24). The summed E-state index contributed by atoms with van der Waals surface area (Å²) in [5.74, 6) is -0.716. The van der Waals surface area contributed by atoms with Crippen molar-refractivity contribution in [1.29, 1.82) is 0 Å². The molecule has 0 heterocycles. The molecule has 0 aromatic heterocycles. The number of non-ortho nitro benzene ring substituents is 1. The molecule has 0 aliphatic heterocycles. The fourth-order valence-electron chi connectivity index (χ4n) is 2.78. The number of para-hydroxylation sites is 1. The van der Waals surface area contributed by atoms with Crippen molar-refractivity contribution in [2.24, 2.45) is 0 Å². The molecule has 0 aliphatic rings. The molecule has 0 saturated carbocycles. The van der Waals surface area contributed by atoms with Gasteiger partial charge < -0.3 is 15.5 Å². The first-order valence-electron chi connectivity index (χ1n) is 8.32. The second kappa shape index (κ2) is 8.31. The van der Waals surface area contributed by atoms with Gasteiger partial charge in [-0.05, 0) is 31.0 Å². The van der Waals surface area contributed by atoms with E-state index in [0.717, 1.165) is 16.8 Å². The number of rotatable bonds is 6. The monoisotopic (exact) mass is 370 g/mol. The van der Waals surface area contributed by atoms with E-state index in [4.69, 9.17) is 0 Å². The number of carbonyl (C=O) groups excluding carboxylic acids is 2. The Hall–Kier alpha value is -3.42. The number of hydrogen-bond acceptors (Lipinski definition) is 5. The molecule has 0 unspecified atom stereocenters. The molecule has 2 N–H and O–H groups in total. The molecular weight excluding hydrogens is 348 g/mol. The van der Waals surface area contributed by atoms with E-state index in [1.165, 1.54) is 25.2 Å². The molecule has 0 atom stereocenters. The number of likely N-dealkylation sites (N-methyl/N-ethyl adjacent to an activating group) is 1. The van der Waals surface area contributed by atoms with Gasteiger partial charge in [-0.3, -0.25) is 19.7 Å². The van der Waals surface area contributed by atoms with Crippen molar-refractivity contribution in [3.05, 3.63) is 63.2 Å². The van der Waals surface area contributed by atoms with Crippen LogP contribution in [0.25, 0.3) is 0 Å². The summed E-state index contributed by atoms with van der Waals surface area (Å²) >= 11 is 0. The predicted octanol–water partition coefficient (Wildman–Crippen LogP) is 2.65. The third kappa shape index (κ3) is 4.60. The Bertz CT molecular complexity index is 875. The highest BCUT2D eigenvalue weighted by Gasteiger charge is 2.20. The molecular formula is C19H22N4O4. The maximum Gasteiger partial charge on any atom is 0.270 e. The van der Waals surface area contributed by atoms with Gasteiger partial charge in [0.05, 0.1) is 22.7 Å². The molecule has 2 rings (SSSR count). The summed E-state index contributed by atoms with van der Waals surface area (Å²) in [6.07, 6.45) is 0. The first-order chi connectivity index (χ1) is 12.7.